The molecule has 0 aliphatic carbocycles. The van der Waals surface area contributed by atoms with Crippen molar-refractivity contribution in [1.29, 1.82) is 0 Å². The van der Waals surface area contributed by atoms with E-state index in [4.69, 9.17) is 11.5 Å². The van der Waals surface area contributed by atoms with E-state index in [-0.39, 0.29) is 34.4 Å². The molecule has 0 bridgehead atoms. The van der Waals surface area contributed by atoms with Crippen LogP contribution < -0.4 is 11.5 Å². The molecule has 0 saturated carbocycles. The van der Waals surface area contributed by atoms with Gasteiger partial charge in [0.05, 0.1) is 22.2 Å². The molecule has 35 heavy (non-hydrogen) atoms. The fourth-order valence-electron chi connectivity index (χ4n) is 3.86. The lowest BCUT2D eigenvalue weighted by atomic mass is 10.0. The molecule has 0 fully saturated rings. The van der Waals surface area contributed by atoms with Crippen LogP contribution in [0.3, 0.4) is 0 Å². The molecule has 4 aromatic rings. The number of rotatable bonds is 7. The van der Waals surface area contributed by atoms with Crippen molar-refractivity contribution in [2.75, 3.05) is 12.8 Å². The van der Waals surface area contributed by atoms with E-state index in [1.807, 2.05) is 20.8 Å². The first-order chi connectivity index (χ1) is 16.5. The van der Waals surface area contributed by atoms with Crippen LogP contribution in [0.5, 0.6) is 0 Å². The molecule has 0 saturated heterocycles. The molecule has 184 valence electrons. The van der Waals surface area contributed by atoms with E-state index < -0.39 is 17.2 Å². The minimum absolute atomic E-state index is 0.0342. The molecule has 4 rings (SSSR count). The Morgan fingerprint density at radius 1 is 1.23 bits per heavy atom. The quantitative estimate of drug-likeness (QED) is 0.414. The number of hydrogen-bond donors (Lipinski definition) is 2. The largest absolute Gasteiger partial charge is 0.368 e. The normalized spacial score (nSPS) is 12.9. The molecule has 1 atom stereocenters. The molecule has 0 spiro atoms. The summed E-state index contributed by atoms with van der Waals surface area (Å²) in [6, 6.07) is 5.36. The predicted octanol–water partition coefficient (Wildman–Crippen LogP) is 3.21. The van der Waals surface area contributed by atoms with Crippen molar-refractivity contribution in [1.82, 2.24) is 29.5 Å². The van der Waals surface area contributed by atoms with Crippen LogP contribution in [-0.4, -0.2) is 48.5 Å². The Bertz CT molecular complexity index is 1400. The van der Waals surface area contributed by atoms with Gasteiger partial charge in [-0.25, -0.2) is 18.7 Å². The number of nitrogens with two attached hydrogens (primary N) is 2. The average Bonchev–Trinajstić information content (AvgIpc) is 3.23. The van der Waals surface area contributed by atoms with Crippen molar-refractivity contribution >= 4 is 28.4 Å². The predicted molar refractivity (Wildman–Crippen MR) is 129 cm³/mol. The van der Waals surface area contributed by atoms with Gasteiger partial charge in [0, 0.05) is 31.8 Å². The molecule has 3 heterocycles. The Kier molecular flexibility index (Phi) is 6.37. The highest BCUT2D eigenvalue weighted by molar-refractivity contribution is 5.94. The van der Waals surface area contributed by atoms with Gasteiger partial charge in [0.1, 0.15) is 11.3 Å². The fourth-order valence-corrected chi connectivity index (χ4v) is 3.86. The number of nitrogen functional groups attached to an aromatic ring is 1. The van der Waals surface area contributed by atoms with Gasteiger partial charge in [0.2, 0.25) is 5.95 Å². The number of anilines is 1. The summed E-state index contributed by atoms with van der Waals surface area (Å²) in [6.45, 7) is 5.67. The number of fused-ring (bicyclic) bond motifs is 3. The molecular weight excluding hydrogens is 454 g/mol. The van der Waals surface area contributed by atoms with Crippen LogP contribution >= 0.6 is 0 Å². The summed E-state index contributed by atoms with van der Waals surface area (Å²) in [6.07, 6.45) is 3.41. The van der Waals surface area contributed by atoms with Crippen LogP contribution in [0.2, 0.25) is 0 Å². The number of carbonyl (C=O) groups is 1. The minimum atomic E-state index is -0.808. The topological polar surface area (TPSA) is 128 Å². The maximum atomic E-state index is 14.1. The van der Waals surface area contributed by atoms with Gasteiger partial charge in [-0.3, -0.25) is 9.78 Å². The number of halogens is 2. The molecule has 1 amide bonds. The first-order valence-electron chi connectivity index (χ1n) is 11.3. The third kappa shape index (κ3) is 4.90. The van der Waals surface area contributed by atoms with Crippen molar-refractivity contribution in [2.45, 2.75) is 51.6 Å². The molecule has 0 aliphatic heterocycles. The van der Waals surface area contributed by atoms with E-state index in [0.717, 1.165) is 12.1 Å². The zero-order valence-electron chi connectivity index (χ0n) is 20.1. The number of carbonyl (C=O) groups excluding carboxylic acids is 1. The van der Waals surface area contributed by atoms with Crippen LogP contribution in [0.4, 0.5) is 14.7 Å². The molecule has 4 N–H and O–H groups in total. The first kappa shape index (κ1) is 24.4. The van der Waals surface area contributed by atoms with Gasteiger partial charge in [-0.2, -0.15) is 4.52 Å². The number of aryl methyl sites for hydroxylation is 1. The summed E-state index contributed by atoms with van der Waals surface area (Å²) >= 11 is 0. The maximum absolute atomic E-state index is 14.1. The molecular formula is C24H28F2N8O. The Morgan fingerprint density at radius 3 is 2.63 bits per heavy atom. The van der Waals surface area contributed by atoms with Gasteiger partial charge in [-0.1, -0.05) is 0 Å². The van der Waals surface area contributed by atoms with E-state index in [0.29, 0.717) is 36.3 Å². The minimum Gasteiger partial charge on any atom is -0.368 e. The van der Waals surface area contributed by atoms with Gasteiger partial charge in [-0.05, 0) is 51.8 Å². The Balaban J connectivity index is 1.43. The fraction of sp³-hybridized carbons (Fsp3) is 0.375. The summed E-state index contributed by atoms with van der Waals surface area (Å²) in [7, 11) is 1.75. The monoisotopic (exact) mass is 482 g/mol. The van der Waals surface area contributed by atoms with Crippen molar-refractivity contribution in [3.8, 4) is 0 Å². The van der Waals surface area contributed by atoms with Crippen LogP contribution in [0, 0.1) is 11.6 Å². The second-order valence-electron chi connectivity index (χ2n) is 9.33. The van der Waals surface area contributed by atoms with Crippen LogP contribution in [0.25, 0.3) is 16.6 Å². The summed E-state index contributed by atoms with van der Waals surface area (Å²) < 4.78 is 29.2. The van der Waals surface area contributed by atoms with Gasteiger partial charge in [-0.15, -0.1) is 5.10 Å². The third-order valence-corrected chi connectivity index (χ3v) is 6.04. The van der Waals surface area contributed by atoms with Crippen molar-refractivity contribution in [2.24, 2.45) is 5.73 Å². The van der Waals surface area contributed by atoms with Crippen LogP contribution in [-0.2, 0) is 12.0 Å². The van der Waals surface area contributed by atoms with Crippen molar-refractivity contribution in [3.63, 3.8) is 0 Å². The maximum Gasteiger partial charge on any atom is 0.255 e. The second kappa shape index (κ2) is 9.14. The summed E-state index contributed by atoms with van der Waals surface area (Å²) in [5, 5.41) is 4.55. The molecule has 0 aliphatic rings. The van der Waals surface area contributed by atoms with Gasteiger partial charge >= 0.3 is 0 Å². The number of hydrogen-bond acceptors (Lipinski definition) is 7. The first-order valence-corrected chi connectivity index (χ1v) is 11.3. The summed E-state index contributed by atoms with van der Waals surface area (Å²) in [5.41, 5.74) is 12.8. The smallest absolute Gasteiger partial charge is 0.255 e. The molecule has 3 aromatic heterocycles. The van der Waals surface area contributed by atoms with Crippen LogP contribution in [0.1, 0.15) is 55.5 Å². The van der Waals surface area contributed by atoms with Gasteiger partial charge in [0.25, 0.3) is 5.91 Å². The Hall–Kier alpha value is -3.73. The Labute approximate surface area is 201 Å². The lowest BCUT2D eigenvalue weighted by Crippen LogP contribution is -2.35. The summed E-state index contributed by atoms with van der Waals surface area (Å²) in [4.78, 5) is 27.3. The van der Waals surface area contributed by atoms with Crippen LogP contribution in [0.15, 0.2) is 30.5 Å². The lowest BCUT2D eigenvalue weighted by Gasteiger charge is -2.25. The number of pyridine rings is 1. The Morgan fingerprint density at radius 2 is 1.97 bits per heavy atom. The highest BCUT2D eigenvalue weighted by Gasteiger charge is 2.21. The molecule has 11 heteroatoms. The highest BCUT2D eigenvalue weighted by Crippen LogP contribution is 2.24. The van der Waals surface area contributed by atoms with Gasteiger partial charge in [0.15, 0.2) is 17.3 Å². The van der Waals surface area contributed by atoms with Crippen molar-refractivity contribution < 1.29 is 13.6 Å². The highest BCUT2D eigenvalue weighted by atomic mass is 19.1. The number of benzene rings is 1. The standard InChI is InChI=1S/C24H28F2N8O/c1-13(33(4)22(35)14-8-9-18(29-12-14)24(2,3)28)6-5-7-19-30-21-16-10-15(25)11-17(26)20(16)31-23(27)34(21)32-19/h8-13H,5-7,28H2,1-4H3,(H2,27,31)/t13-/m0/s1. The third-order valence-electron chi connectivity index (χ3n) is 6.04. The zero-order chi connectivity index (χ0) is 25.5. The molecule has 0 unspecified atom stereocenters. The molecule has 9 nitrogen and oxygen atoms in total. The SMILES string of the molecule is C[C@@H](CCCc1nc2c3cc(F)cc(F)c3nc(N)n2n1)N(C)C(=O)c1ccc(C(C)(C)N)nc1. The number of aromatic nitrogens is 5. The number of amides is 1. The second-order valence-corrected chi connectivity index (χ2v) is 9.33. The number of nitrogens with zero attached hydrogens (tertiary/aromatic N) is 6. The van der Waals surface area contributed by atoms with Crippen molar-refractivity contribution in [3.05, 3.63) is 59.2 Å². The summed E-state index contributed by atoms with van der Waals surface area (Å²) in [5.74, 6) is -1.23. The van der Waals surface area contributed by atoms with E-state index in [1.165, 1.54) is 4.52 Å². The molecule has 1 aromatic carbocycles. The van der Waals surface area contributed by atoms with E-state index in [2.05, 4.69) is 20.1 Å². The lowest BCUT2D eigenvalue weighted by molar-refractivity contribution is 0.0735. The zero-order valence-corrected chi connectivity index (χ0v) is 20.1. The van der Waals surface area contributed by atoms with E-state index >= 15 is 0 Å². The molecule has 0 radical (unpaired) electrons. The average molecular weight is 483 g/mol. The van der Waals surface area contributed by atoms with Gasteiger partial charge < -0.3 is 16.4 Å². The van der Waals surface area contributed by atoms with E-state index in [9.17, 15) is 13.6 Å². The van der Waals surface area contributed by atoms with E-state index in [1.54, 1.807) is 30.3 Å².